The van der Waals surface area contributed by atoms with Crippen molar-refractivity contribution in [1.29, 1.82) is 0 Å². The molecule has 0 aliphatic carbocycles. The van der Waals surface area contributed by atoms with Crippen molar-refractivity contribution in [3.63, 3.8) is 0 Å². The van der Waals surface area contributed by atoms with Crippen LogP contribution in [-0.2, 0) is 4.74 Å². The van der Waals surface area contributed by atoms with Gasteiger partial charge in [-0.3, -0.25) is 0 Å². The number of benzene rings is 1. The van der Waals surface area contributed by atoms with Crippen LogP contribution in [0.4, 0.5) is 0 Å². The highest BCUT2D eigenvalue weighted by molar-refractivity contribution is 5.90. The van der Waals surface area contributed by atoms with Crippen molar-refractivity contribution in [3.8, 4) is 11.5 Å². The summed E-state index contributed by atoms with van der Waals surface area (Å²) in [5.74, 6) is -0.508. The summed E-state index contributed by atoms with van der Waals surface area (Å²) in [6.45, 7) is 1.17. The number of aliphatic hydroxyl groups excluding tert-OH is 2. The topological polar surface area (TPSA) is 96.2 Å². The molecule has 1 rings (SSSR count). The molecule has 0 aromatic heterocycles. The highest BCUT2D eigenvalue weighted by Gasteiger charge is 2.29. The zero-order valence-corrected chi connectivity index (χ0v) is 11.6. The van der Waals surface area contributed by atoms with E-state index in [9.17, 15) is 20.1 Å². The van der Waals surface area contributed by atoms with Crippen LogP contribution in [0.5, 0.6) is 11.5 Å². The Kier molecular flexibility index (Phi) is 5.79. The standard InChI is InChI=1S/C14H20O6/c1-3-14(7-15,8-16)9-20-13(18)10-4-5-11(17)12(6-10)19-2/h4-6,15-17H,3,7-9H2,1-2H3. The average Bonchev–Trinajstić information content (AvgIpc) is 2.49. The molecule has 6 heteroatoms. The Hall–Kier alpha value is -1.79. The molecule has 0 saturated heterocycles. The van der Waals surface area contributed by atoms with E-state index in [0.717, 1.165) is 0 Å². The Morgan fingerprint density at radius 3 is 2.45 bits per heavy atom. The van der Waals surface area contributed by atoms with Gasteiger partial charge in [0, 0.05) is 0 Å². The van der Waals surface area contributed by atoms with Gasteiger partial charge in [-0.05, 0) is 24.6 Å². The number of ether oxygens (including phenoxy) is 2. The van der Waals surface area contributed by atoms with E-state index >= 15 is 0 Å². The molecule has 6 nitrogen and oxygen atoms in total. The number of carbonyl (C=O) groups excluding carboxylic acids is 1. The lowest BCUT2D eigenvalue weighted by molar-refractivity contribution is -0.0177. The van der Waals surface area contributed by atoms with Crippen molar-refractivity contribution in [2.45, 2.75) is 13.3 Å². The molecule has 0 atom stereocenters. The number of esters is 1. The number of rotatable bonds is 7. The van der Waals surface area contributed by atoms with Gasteiger partial charge in [0.15, 0.2) is 11.5 Å². The van der Waals surface area contributed by atoms with Crippen molar-refractivity contribution >= 4 is 5.97 Å². The Labute approximate surface area is 117 Å². The zero-order valence-electron chi connectivity index (χ0n) is 11.6. The van der Waals surface area contributed by atoms with Crippen LogP contribution < -0.4 is 4.74 Å². The smallest absolute Gasteiger partial charge is 0.338 e. The van der Waals surface area contributed by atoms with Gasteiger partial charge < -0.3 is 24.8 Å². The van der Waals surface area contributed by atoms with Crippen LogP contribution in [-0.4, -0.2) is 48.2 Å². The largest absolute Gasteiger partial charge is 0.504 e. The van der Waals surface area contributed by atoms with Crippen LogP contribution >= 0.6 is 0 Å². The fourth-order valence-corrected chi connectivity index (χ4v) is 1.57. The second-order valence-corrected chi connectivity index (χ2v) is 4.63. The molecule has 0 aliphatic heterocycles. The maximum atomic E-state index is 11.9. The van der Waals surface area contributed by atoms with E-state index in [2.05, 4.69) is 0 Å². The Bertz CT molecular complexity index is 445. The molecule has 1 aromatic carbocycles. The third-order valence-electron chi connectivity index (χ3n) is 3.35. The van der Waals surface area contributed by atoms with Gasteiger partial charge >= 0.3 is 5.97 Å². The lowest BCUT2D eigenvalue weighted by Gasteiger charge is -2.27. The van der Waals surface area contributed by atoms with Crippen LogP contribution in [0.2, 0.25) is 0 Å². The Morgan fingerprint density at radius 1 is 1.30 bits per heavy atom. The maximum Gasteiger partial charge on any atom is 0.338 e. The summed E-state index contributed by atoms with van der Waals surface area (Å²) in [6.07, 6.45) is 0.478. The highest BCUT2D eigenvalue weighted by Crippen LogP contribution is 2.27. The summed E-state index contributed by atoms with van der Waals surface area (Å²) in [4.78, 5) is 11.9. The van der Waals surface area contributed by atoms with Gasteiger partial charge in [-0.2, -0.15) is 0 Å². The summed E-state index contributed by atoms with van der Waals surface area (Å²) in [5, 5.41) is 28.0. The van der Waals surface area contributed by atoms with E-state index in [1.165, 1.54) is 25.3 Å². The number of methoxy groups -OCH3 is 1. The predicted octanol–water partition coefficient (Wildman–Crippen LogP) is 0.939. The van der Waals surface area contributed by atoms with E-state index < -0.39 is 11.4 Å². The molecule has 0 aliphatic rings. The number of phenolic OH excluding ortho intramolecular Hbond substituents is 1. The van der Waals surface area contributed by atoms with Crippen LogP contribution in [0.25, 0.3) is 0 Å². The average molecular weight is 284 g/mol. The van der Waals surface area contributed by atoms with E-state index in [1.54, 1.807) is 6.92 Å². The number of aliphatic hydroxyl groups is 2. The number of hydrogen-bond acceptors (Lipinski definition) is 6. The first-order chi connectivity index (χ1) is 9.51. The van der Waals surface area contributed by atoms with E-state index in [1.807, 2.05) is 0 Å². The van der Waals surface area contributed by atoms with Crippen LogP contribution in [0.15, 0.2) is 18.2 Å². The van der Waals surface area contributed by atoms with Gasteiger partial charge in [0.05, 0.1) is 31.3 Å². The first-order valence-corrected chi connectivity index (χ1v) is 6.27. The molecule has 0 unspecified atom stereocenters. The molecule has 0 bridgehead atoms. The number of phenols is 1. The van der Waals surface area contributed by atoms with Gasteiger partial charge in [0.2, 0.25) is 0 Å². The second-order valence-electron chi connectivity index (χ2n) is 4.63. The Morgan fingerprint density at radius 2 is 1.95 bits per heavy atom. The molecule has 112 valence electrons. The molecule has 0 fully saturated rings. The third kappa shape index (κ3) is 3.61. The minimum Gasteiger partial charge on any atom is -0.504 e. The molecule has 0 saturated carbocycles. The molecular weight excluding hydrogens is 264 g/mol. The Balaban J connectivity index is 2.76. The predicted molar refractivity (Wildman–Crippen MR) is 71.8 cm³/mol. The van der Waals surface area contributed by atoms with Crippen LogP contribution in [0.1, 0.15) is 23.7 Å². The first-order valence-electron chi connectivity index (χ1n) is 6.27. The molecular formula is C14H20O6. The van der Waals surface area contributed by atoms with Gasteiger partial charge in [-0.15, -0.1) is 0 Å². The van der Waals surface area contributed by atoms with Crippen molar-refractivity contribution in [1.82, 2.24) is 0 Å². The van der Waals surface area contributed by atoms with Crippen molar-refractivity contribution in [2.24, 2.45) is 5.41 Å². The summed E-state index contributed by atoms with van der Waals surface area (Å²) < 4.78 is 10.0. The van der Waals surface area contributed by atoms with Crippen molar-refractivity contribution < 1.29 is 29.6 Å². The molecule has 20 heavy (non-hydrogen) atoms. The SMILES string of the molecule is CCC(CO)(CO)COC(=O)c1ccc(O)c(OC)c1. The minimum absolute atomic E-state index is 0.0716. The molecule has 0 amide bonds. The number of carbonyl (C=O) groups is 1. The van der Waals surface area contributed by atoms with Gasteiger partial charge in [-0.1, -0.05) is 6.92 Å². The third-order valence-corrected chi connectivity index (χ3v) is 3.35. The summed E-state index contributed by atoms with van der Waals surface area (Å²) in [6, 6.07) is 4.11. The summed E-state index contributed by atoms with van der Waals surface area (Å²) in [5.41, 5.74) is -0.614. The van der Waals surface area contributed by atoms with Gasteiger partial charge in [-0.25, -0.2) is 4.79 Å². The normalized spacial score (nSPS) is 11.2. The minimum atomic E-state index is -0.837. The molecule has 0 spiro atoms. The van der Waals surface area contributed by atoms with Gasteiger partial charge in [0.25, 0.3) is 0 Å². The summed E-state index contributed by atoms with van der Waals surface area (Å²) >= 11 is 0. The molecule has 1 aromatic rings. The zero-order chi connectivity index (χ0) is 15.2. The van der Waals surface area contributed by atoms with Gasteiger partial charge in [0.1, 0.15) is 6.61 Å². The van der Waals surface area contributed by atoms with Crippen molar-refractivity contribution in [3.05, 3.63) is 23.8 Å². The van der Waals surface area contributed by atoms with Crippen LogP contribution in [0.3, 0.4) is 0 Å². The number of aromatic hydroxyl groups is 1. The van der Waals surface area contributed by atoms with Crippen molar-refractivity contribution in [2.75, 3.05) is 26.9 Å². The fourth-order valence-electron chi connectivity index (χ4n) is 1.57. The van der Waals surface area contributed by atoms with E-state index in [4.69, 9.17) is 9.47 Å². The second kappa shape index (κ2) is 7.12. The van der Waals surface area contributed by atoms with E-state index in [-0.39, 0.29) is 36.9 Å². The maximum absolute atomic E-state index is 11.9. The lowest BCUT2D eigenvalue weighted by Crippen LogP contribution is -2.35. The molecule has 0 heterocycles. The summed E-state index contributed by atoms with van der Waals surface area (Å²) in [7, 11) is 1.38. The molecule has 0 radical (unpaired) electrons. The highest BCUT2D eigenvalue weighted by atomic mass is 16.5. The molecule has 3 N–H and O–H groups in total. The lowest BCUT2D eigenvalue weighted by atomic mass is 9.88. The first kappa shape index (κ1) is 16.3. The van der Waals surface area contributed by atoms with Crippen LogP contribution in [0, 0.1) is 5.41 Å². The number of hydrogen-bond donors (Lipinski definition) is 3. The quantitative estimate of drug-likeness (QED) is 0.645. The van der Waals surface area contributed by atoms with E-state index in [0.29, 0.717) is 6.42 Å². The fraction of sp³-hybridized carbons (Fsp3) is 0.500. The monoisotopic (exact) mass is 284 g/mol.